The Kier molecular flexibility index (Phi) is 6.45. The predicted octanol–water partition coefficient (Wildman–Crippen LogP) is 4.33. The van der Waals surface area contributed by atoms with Crippen molar-refractivity contribution in [1.82, 2.24) is 5.16 Å². The minimum absolute atomic E-state index is 0.657. The van der Waals surface area contributed by atoms with Crippen molar-refractivity contribution >= 4 is 11.8 Å². The Labute approximate surface area is 104 Å². The summed E-state index contributed by atoms with van der Waals surface area (Å²) in [5, 5.41) is 3.81. The van der Waals surface area contributed by atoms with Gasteiger partial charge < -0.3 is 10.3 Å². The van der Waals surface area contributed by atoms with Crippen LogP contribution in [0.2, 0.25) is 0 Å². The molecule has 1 heterocycles. The second kappa shape index (κ2) is 7.93. The highest BCUT2D eigenvalue weighted by Crippen LogP contribution is 2.17. The van der Waals surface area contributed by atoms with E-state index in [1.807, 2.05) is 13.0 Å². The van der Waals surface area contributed by atoms with Gasteiger partial charge in [0.05, 0.1) is 0 Å². The molecular formula is C14H24N2O. The fourth-order valence-electron chi connectivity index (χ4n) is 1.75. The van der Waals surface area contributed by atoms with E-state index in [0.29, 0.717) is 11.4 Å². The monoisotopic (exact) mass is 236 g/mol. The second-order valence-electron chi connectivity index (χ2n) is 4.50. The van der Waals surface area contributed by atoms with Crippen LogP contribution in [0.1, 0.15) is 63.3 Å². The van der Waals surface area contributed by atoms with Crippen LogP contribution >= 0.6 is 0 Å². The molecule has 96 valence electrons. The molecule has 0 unspecified atom stereocenters. The molecule has 0 aliphatic heterocycles. The maximum Gasteiger partial charge on any atom is 0.182 e. The summed E-state index contributed by atoms with van der Waals surface area (Å²) in [6.07, 6.45) is 13.1. The fraction of sp³-hybridized carbons (Fsp3) is 0.643. The maximum atomic E-state index is 5.79. The van der Waals surface area contributed by atoms with E-state index in [2.05, 4.69) is 18.2 Å². The van der Waals surface area contributed by atoms with E-state index in [1.54, 1.807) is 0 Å². The summed E-state index contributed by atoms with van der Waals surface area (Å²) in [5.41, 5.74) is 7.22. The van der Waals surface area contributed by atoms with Crippen LogP contribution in [0.5, 0.6) is 0 Å². The summed E-state index contributed by atoms with van der Waals surface area (Å²) in [5.74, 6) is 0.688. The molecule has 0 fully saturated rings. The second-order valence-corrected chi connectivity index (χ2v) is 4.50. The summed E-state index contributed by atoms with van der Waals surface area (Å²) >= 11 is 0. The predicted molar refractivity (Wildman–Crippen MR) is 72.7 cm³/mol. The summed E-state index contributed by atoms with van der Waals surface area (Å²) in [7, 11) is 0. The third-order valence-electron chi connectivity index (χ3n) is 2.93. The van der Waals surface area contributed by atoms with Crippen LogP contribution in [-0.2, 0) is 0 Å². The zero-order chi connectivity index (χ0) is 12.5. The van der Waals surface area contributed by atoms with Gasteiger partial charge in [-0.2, -0.15) is 0 Å². The molecule has 1 rings (SSSR count). The van der Waals surface area contributed by atoms with Crippen LogP contribution in [0, 0.1) is 6.92 Å². The number of nitrogens with two attached hydrogens (primary N) is 1. The number of nitrogen functional groups attached to an aromatic ring is 1. The first-order valence-corrected chi connectivity index (χ1v) is 6.64. The number of hydrogen-bond donors (Lipinski definition) is 1. The molecule has 1 aromatic heterocycles. The van der Waals surface area contributed by atoms with E-state index < -0.39 is 0 Å². The zero-order valence-electron chi connectivity index (χ0n) is 11.0. The Hall–Kier alpha value is -1.25. The molecule has 0 amide bonds. The fourth-order valence-corrected chi connectivity index (χ4v) is 1.75. The summed E-state index contributed by atoms with van der Waals surface area (Å²) in [6, 6.07) is 0. The van der Waals surface area contributed by atoms with Crippen LogP contribution in [0.25, 0.3) is 6.08 Å². The highest BCUT2D eigenvalue weighted by molar-refractivity contribution is 5.60. The van der Waals surface area contributed by atoms with Gasteiger partial charge in [-0.05, 0) is 25.8 Å². The van der Waals surface area contributed by atoms with Crippen molar-refractivity contribution in [1.29, 1.82) is 0 Å². The van der Waals surface area contributed by atoms with Crippen LogP contribution in [0.15, 0.2) is 10.6 Å². The largest absolute Gasteiger partial charge is 0.394 e. The molecule has 0 atom stereocenters. The first-order valence-electron chi connectivity index (χ1n) is 6.64. The van der Waals surface area contributed by atoms with Crippen molar-refractivity contribution in [3.8, 4) is 0 Å². The van der Waals surface area contributed by atoms with E-state index in [0.717, 1.165) is 12.1 Å². The van der Waals surface area contributed by atoms with Gasteiger partial charge in [0.2, 0.25) is 0 Å². The van der Waals surface area contributed by atoms with Crippen LogP contribution < -0.4 is 5.73 Å². The van der Waals surface area contributed by atoms with E-state index in [1.165, 1.54) is 38.5 Å². The highest BCUT2D eigenvalue weighted by Gasteiger charge is 2.04. The molecule has 0 aliphatic rings. The Morgan fingerprint density at radius 3 is 2.53 bits per heavy atom. The normalized spacial score (nSPS) is 11.4. The average molecular weight is 236 g/mol. The minimum Gasteiger partial charge on any atom is -0.394 e. The van der Waals surface area contributed by atoms with Crippen molar-refractivity contribution in [3.05, 3.63) is 17.5 Å². The van der Waals surface area contributed by atoms with Gasteiger partial charge >= 0.3 is 0 Å². The van der Waals surface area contributed by atoms with Crippen LogP contribution in [0.3, 0.4) is 0 Å². The molecule has 0 saturated heterocycles. The molecule has 3 nitrogen and oxygen atoms in total. The Bertz CT molecular complexity index is 342. The maximum absolute atomic E-state index is 5.79. The van der Waals surface area contributed by atoms with Gasteiger partial charge in [0.1, 0.15) is 11.4 Å². The number of aromatic nitrogens is 1. The molecular weight excluding hydrogens is 212 g/mol. The zero-order valence-corrected chi connectivity index (χ0v) is 11.0. The molecule has 3 heteroatoms. The Morgan fingerprint density at radius 1 is 1.18 bits per heavy atom. The topological polar surface area (TPSA) is 52.0 Å². The number of aryl methyl sites for hydroxylation is 1. The number of hydrogen-bond acceptors (Lipinski definition) is 3. The van der Waals surface area contributed by atoms with Gasteiger partial charge in [-0.15, -0.1) is 0 Å². The number of anilines is 1. The average Bonchev–Trinajstić information content (AvgIpc) is 2.64. The summed E-state index contributed by atoms with van der Waals surface area (Å²) in [4.78, 5) is 0. The van der Waals surface area contributed by atoms with Gasteiger partial charge in [0.25, 0.3) is 0 Å². The van der Waals surface area contributed by atoms with Gasteiger partial charge in [0.15, 0.2) is 5.76 Å². The molecule has 1 aromatic rings. The quantitative estimate of drug-likeness (QED) is 0.683. The Morgan fingerprint density at radius 2 is 1.88 bits per heavy atom. The van der Waals surface area contributed by atoms with E-state index in [4.69, 9.17) is 10.3 Å². The highest BCUT2D eigenvalue weighted by atomic mass is 16.5. The number of rotatable bonds is 8. The molecule has 0 bridgehead atoms. The smallest absolute Gasteiger partial charge is 0.182 e. The van der Waals surface area contributed by atoms with Gasteiger partial charge in [-0.3, -0.25) is 0 Å². The number of nitrogens with zero attached hydrogens (tertiary/aromatic N) is 1. The molecule has 0 aliphatic carbocycles. The molecule has 0 saturated carbocycles. The van der Waals surface area contributed by atoms with Crippen LogP contribution in [0.4, 0.5) is 5.69 Å². The van der Waals surface area contributed by atoms with Crippen molar-refractivity contribution in [2.24, 2.45) is 0 Å². The summed E-state index contributed by atoms with van der Waals surface area (Å²) in [6.45, 7) is 4.09. The van der Waals surface area contributed by atoms with Crippen molar-refractivity contribution in [3.63, 3.8) is 0 Å². The lowest BCUT2D eigenvalue weighted by atomic mass is 10.1. The lowest BCUT2D eigenvalue weighted by molar-refractivity contribution is 0.408. The third-order valence-corrected chi connectivity index (χ3v) is 2.93. The summed E-state index contributed by atoms with van der Waals surface area (Å²) < 4.78 is 5.09. The third kappa shape index (κ3) is 5.07. The van der Waals surface area contributed by atoms with Crippen molar-refractivity contribution in [2.75, 3.05) is 5.73 Å². The first-order chi connectivity index (χ1) is 8.25. The number of unbranched alkanes of at least 4 members (excludes halogenated alkanes) is 6. The molecule has 2 N–H and O–H groups in total. The van der Waals surface area contributed by atoms with Gasteiger partial charge in [-0.1, -0.05) is 50.3 Å². The molecule has 0 radical (unpaired) electrons. The number of allylic oxidation sites excluding steroid dienone is 1. The van der Waals surface area contributed by atoms with Crippen molar-refractivity contribution < 1.29 is 4.52 Å². The van der Waals surface area contributed by atoms with E-state index >= 15 is 0 Å². The molecule has 17 heavy (non-hydrogen) atoms. The van der Waals surface area contributed by atoms with Gasteiger partial charge in [0, 0.05) is 0 Å². The minimum atomic E-state index is 0.657. The van der Waals surface area contributed by atoms with Crippen molar-refractivity contribution in [2.45, 2.75) is 58.8 Å². The Balaban J connectivity index is 2.12. The van der Waals surface area contributed by atoms with Gasteiger partial charge in [-0.25, -0.2) is 0 Å². The lowest BCUT2D eigenvalue weighted by Crippen LogP contribution is -1.86. The van der Waals surface area contributed by atoms with E-state index in [9.17, 15) is 0 Å². The van der Waals surface area contributed by atoms with Crippen LogP contribution in [-0.4, -0.2) is 5.16 Å². The molecule has 0 spiro atoms. The molecule has 0 aromatic carbocycles. The first kappa shape index (κ1) is 13.8. The standard InChI is InChI=1S/C14H24N2O/c1-3-4-5-6-7-8-9-10-11-13-14(15)12(2)16-17-13/h10-11H,3-9,15H2,1-2H3/b11-10+. The lowest BCUT2D eigenvalue weighted by Gasteiger charge is -1.97. The SMILES string of the molecule is CCCCCCCC/C=C/c1onc(C)c1N. The van der Waals surface area contributed by atoms with E-state index in [-0.39, 0.29) is 0 Å².